The number of aromatic nitrogens is 3. The van der Waals surface area contributed by atoms with E-state index >= 15 is 0 Å². The average Bonchev–Trinajstić information content (AvgIpc) is 3.45. The quantitative estimate of drug-likeness (QED) is 0.689. The number of carbonyl (C=O) groups excluding carboxylic acids is 1. The number of nitrogens with two attached hydrogens (primary N) is 1. The van der Waals surface area contributed by atoms with Gasteiger partial charge in [0.05, 0.1) is 28.8 Å². The molecule has 2 saturated heterocycles. The van der Waals surface area contributed by atoms with E-state index in [2.05, 4.69) is 16.0 Å². The van der Waals surface area contributed by atoms with Crippen molar-refractivity contribution in [3.8, 4) is 6.07 Å². The topological polar surface area (TPSA) is 116 Å². The van der Waals surface area contributed by atoms with Crippen molar-refractivity contribution >= 4 is 34.7 Å². The van der Waals surface area contributed by atoms with Crippen LogP contribution in [0, 0.1) is 24.2 Å². The number of halogens is 1. The van der Waals surface area contributed by atoms with Crippen molar-refractivity contribution < 1.29 is 4.79 Å². The second-order valence-corrected chi connectivity index (χ2v) is 9.14. The van der Waals surface area contributed by atoms with Crippen LogP contribution in [-0.4, -0.2) is 57.8 Å². The van der Waals surface area contributed by atoms with E-state index in [0.717, 1.165) is 55.0 Å². The Morgan fingerprint density at radius 2 is 2.12 bits per heavy atom. The molecule has 2 aliphatic rings. The van der Waals surface area contributed by atoms with Crippen molar-refractivity contribution in [1.82, 2.24) is 19.5 Å². The molecule has 33 heavy (non-hydrogen) atoms. The zero-order chi connectivity index (χ0) is 23.7. The number of rotatable bonds is 4. The van der Waals surface area contributed by atoms with E-state index in [4.69, 9.17) is 27.4 Å². The lowest BCUT2D eigenvalue weighted by Crippen LogP contribution is -2.42. The van der Waals surface area contributed by atoms with Crippen LogP contribution in [0.4, 0.5) is 5.82 Å². The summed E-state index contributed by atoms with van der Waals surface area (Å²) in [6, 6.07) is 4.12. The molecule has 2 N–H and O–H groups in total. The zero-order valence-corrected chi connectivity index (χ0v) is 20.0. The highest BCUT2D eigenvalue weighted by molar-refractivity contribution is 6.59. The summed E-state index contributed by atoms with van der Waals surface area (Å²) in [6.07, 6.45) is 5.53. The predicted octanol–water partition coefficient (Wildman–Crippen LogP) is 2.94. The van der Waals surface area contributed by atoms with Gasteiger partial charge in [-0.2, -0.15) is 10.4 Å². The van der Waals surface area contributed by atoms with Crippen molar-refractivity contribution in [2.45, 2.75) is 45.6 Å². The molecular formula is C23H29ClN8O. The first kappa shape index (κ1) is 23.1. The minimum atomic E-state index is -0.238. The Morgan fingerprint density at radius 1 is 1.33 bits per heavy atom. The Hall–Kier alpha value is -3.12. The molecule has 0 radical (unpaired) electrons. The van der Waals surface area contributed by atoms with Gasteiger partial charge in [0.15, 0.2) is 5.65 Å². The molecule has 0 aromatic carbocycles. The number of amides is 1. The van der Waals surface area contributed by atoms with Crippen LogP contribution in [0.3, 0.4) is 0 Å². The molecule has 10 heteroatoms. The number of nitrogens with zero attached hydrogens (tertiary/aromatic N) is 7. The van der Waals surface area contributed by atoms with Gasteiger partial charge in [-0.3, -0.25) is 9.79 Å². The molecule has 1 unspecified atom stereocenters. The van der Waals surface area contributed by atoms with E-state index in [9.17, 15) is 10.1 Å². The Balaban J connectivity index is 1.66. The van der Waals surface area contributed by atoms with E-state index in [1.54, 1.807) is 23.4 Å². The maximum absolute atomic E-state index is 13.4. The third-order valence-corrected chi connectivity index (χ3v) is 6.86. The normalized spacial score (nSPS) is 22.5. The van der Waals surface area contributed by atoms with Crippen molar-refractivity contribution in [2.24, 2.45) is 16.6 Å². The summed E-state index contributed by atoms with van der Waals surface area (Å²) < 4.78 is 1.77. The van der Waals surface area contributed by atoms with Gasteiger partial charge in [0.2, 0.25) is 0 Å². The predicted molar refractivity (Wildman–Crippen MR) is 128 cm³/mol. The summed E-state index contributed by atoms with van der Waals surface area (Å²) in [5.41, 5.74) is 8.88. The molecule has 2 aliphatic heterocycles. The maximum atomic E-state index is 13.4. The monoisotopic (exact) mass is 468 g/mol. The first-order chi connectivity index (χ1) is 15.8. The second-order valence-electron chi connectivity index (χ2n) is 8.76. The standard InChI is InChI=1S/C23H29ClN8O/c1-14-12-32-19(28-22(14)30-9-7-16(11-25)13-30)10-17(29-32)18-6-4-5-8-31(18)23(33)21(27-3)20(24)15(2)26/h10,12,16,18H,4-9,13,26H2,1-3H3/t16?,18-/m0/s1. The average molecular weight is 469 g/mol. The molecule has 0 aliphatic carbocycles. The SMILES string of the molecule is CN=C(C(=O)N1CCCC[C@H]1c1cc2nc(N3CCC(C#N)C3)c(C)cn2n1)C(Cl)=C(C)N. The van der Waals surface area contributed by atoms with Gasteiger partial charge < -0.3 is 15.5 Å². The van der Waals surface area contributed by atoms with Crippen LogP contribution in [0.5, 0.6) is 0 Å². The van der Waals surface area contributed by atoms with Gasteiger partial charge in [-0.15, -0.1) is 0 Å². The lowest BCUT2D eigenvalue weighted by Gasteiger charge is -2.35. The molecular weight excluding hydrogens is 440 g/mol. The molecule has 2 fully saturated rings. The smallest absolute Gasteiger partial charge is 0.274 e. The number of nitriles is 1. The second kappa shape index (κ2) is 9.40. The molecule has 2 aromatic rings. The summed E-state index contributed by atoms with van der Waals surface area (Å²) in [5.74, 6) is 0.690. The van der Waals surface area contributed by atoms with E-state index in [-0.39, 0.29) is 28.6 Å². The molecule has 0 saturated carbocycles. The molecule has 4 rings (SSSR count). The van der Waals surface area contributed by atoms with Gasteiger partial charge in [-0.25, -0.2) is 9.50 Å². The Kier molecular flexibility index (Phi) is 6.56. The van der Waals surface area contributed by atoms with Crippen LogP contribution in [0.1, 0.15) is 49.9 Å². The van der Waals surface area contributed by atoms with Gasteiger partial charge in [0.1, 0.15) is 11.5 Å². The van der Waals surface area contributed by atoms with Crippen LogP contribution in [-0.2, 0) is 4.79 Å². The van der Waals surface area contributed by atoms with Crippen LogP contribution in [0.15, 0.2) is 28.0 Å². The molecule has 9 nitrogen and oxygen atoms in total. The number of hydrogen-bond acceptors (Lipinski definition) is 7. The first-order valence-corrected chi connectivity index (χ1v) is 11.6. The van der Waals surface area contributed by atoms with E-state index in [0.29, 0.717) is 18.8 Å². The van der Waals surface area contributed by atoms with Gasteiger partial charge in [0.25, 0.3) is 5.91 Å². The molecule has 0 spiro atoms. The fourth-order valence-electron chi connectivity index (χ4n) is 4.65. The summed E-state index contributed by atoms with van der Waals surface area (Å²) >= 11 is 6.29. The van der Waals surface area contributed by atoms with Crippen molar-refractivity contribution in [3.63, 3.8) is 0 Å². The number of hydrogen-bond donors (Lipinski definition) is 1. The Morgan fingerprint density at radius 3 is 2.79 bits per heavy atom. The highest BCUT2D eigenvalue weighted by Crippen LogP contribution is 2.32. The number of aryl methyl sites for hydroxylation is 1. The summed E-state index contributed by atoms with van der Waals surface area (Å²) in [6.45, 7) is 5.78. The number of fused-ring (bicyclic) bond motifs is 1. The number of aliphatic imine (C=N–C) groups is 1. The van der Waals surface area contributed by atoms with Gasteiger partial charge >= 0.3 is 0 Å². The number of anilines is 1. The van der Waals surface area contributed by atoms with E-state index in [1.165, 1.54) is 0 Å². The third-order valence-electron chi connectivity index (χ3n) is 6.38. The third kappa shape index (κ3) is 4.40. The highest BCUT2D eigenvalue weighted by Gasteiger charge is 2.33. The maximum Gasteiger partial charge on any atom is 0.274 e. The Bertz CT molecular complexity index is 1170. The lowest BCUT2D eigenvalue weighted by molar-refractivity contribution is -0.127. The van der Waals surface area contributed by atoms with Crippen molar-refractivity contribution in [2.75, 3.05) is 31.6 Å². The number of piperidine rings is 1. The lowest BCUT2D eigenvalue weighted by atomic mass is 9.98. The molecule has 1 amide bonds. The van der Waals surface area contributed by atoms with Crippen molar-refractivity contribution in [3.05, 3.63) is 34.2 Å². The molecule has 2 aromatic heterocycles. The van der Waals surface area contributed by atoms with Crippen molar-refractivity contribution in [1.29, 1.82) is 5.26 Å². The van der Waals surface area contributed by atoms with Gasteiger partial charge in [0, 0.05) is 50.2 Å². The zero-order valence-electron chi connectivity index (χ0n) is 19.3. The number of carbonyl (C=O) groups is 1. The van der Waals surface area contributed by atoms with Crippen LogP contribution in [0.25, 0.3) is 5.65 Å². The minimum Gasteiger partial charge on any atom is -0.401 e. The summed E-state index contributed by atoms with van der Waals surface area (Å²) in [7, 11) is 1.55. The van der Waals surface area contributed by atoms with E-state index in [1.807, 2.05) is 19.2 Å². The molecule has 2 atom stereocenters. The fraction of sp³-hybridized carbons (Fsp3) is 0.522. The van der Waals surface area contributed by atoms with Gasteiger partial charge in [-0.05, 0) is 39.5 Å². The van der Waals surface area contributed by atoms with Crippen LogP contribution in [0.2, 0.25) is 0 Å². The number of allylic oxidation sites excluding steroid dienone is 1. The van der Waals surface area contributed by atoms with Gasteiger partial charge in [-0.1, -0.05) is 11.6 Å². The Labute approximate surface area is 198 Å². The van der Waals surface area contributed by atoms with E-state index < -0.39 is 0 Å². The first-order valence-electron chi connectivity index (χ1n) is 11.3. The summed E-state index contributed by atoms with van der Waals surface area (Å²) in [5, 5.41) is 14.2. The minimum absolute atomic E-state index is 0.0390. The molecule has 4 heterocycles. The highest BCUT2D eigenvalue weighted by atomic mass is 35.5. The fourth-order valence-corrected chi connectivity index (χ4v) is 4.82. The molecule has 0 bridgehead atoms. The summed E-state index contributed by atoms with van der Waals surface area (Å²) in [4.78, 5) is 26.3. The van der Waals surface area contributed by atoms with Crippen LogP contribution >= 0.6 is 11.6 Å². The molecule has 174 valence electrons. The van der Waals surface area contributed by atoms with Crippen LogP contribution < -0.4 is 10.6 Å². The largest absolute Gasteiger partial charge is 0.401 e. The number of likely N-dealkylation sites (tertiary alicyclic amines) is 1.